The lowest BCUT2D eigenvalue weighted by molar-refractivity contribution is 0.343. The van der Waals surface area contributed by atoms with Gasteiger partial charge in [-0.1, -0.05) is 48.2 Å². The van der Waals surface area contributed by atoms with Crippen LogP contribution in [0.15, 0.2) is 58.5 Å². The third-order valence-electron chi connectivity index (χ3n) is 4.21. The molecule has 2 aromatic carbocycles. The van der Waals surface area contributed by atoms with Gasteiger partial charge in [-0.05, 0) is 49.6 Å². The van der Waals surface area contributed by atoms with E-state index >= 15 is 0 Å². The predicted octanol–water partition coefficient (Wildman–Crippen LogP) is 4.46. The van der Waals surface area contributed by atoms with Crippen molar-refractivity contribution in [1.29, 1.82) is 0 Å². The summed E-state index contributed by atoms with van der Waals surface area (Å²) in [4.78, 5) is 19.9. The van der Waals surface area contributed by atoms with Gasteiger partial charge in [-0.25, -0.2) is 4.98 Å². The van der Waals surface area contributed by atoms with Crippen LogP contribution < -0.4 is 10.3 Å². The molecule has 27 heavy (non-hydrogen) atoms. The first-order valence-corrected chi connectivity index (χ1v) is 9.97. The predicted molar refractivity (Wildman–Crippen MR) is 111 cm³/mol. The van der Waals surface area contributed by atoms with Crippen LogP contribution in [0.1, 0.15) is 27.9 Å². The second-order valence-electron chi connectivity index (χ2n) is 6.62. The van der Waals surface area contributed by atoms with Crippen LogP contribution in [0.5, 0.6) is 5.75 Å². The van der Waals surface area contributed by atoms with Crippen LogP contribution in [0.4, 0.5) is 0 Å². The van der Waals surface area contributed by atoms with Gasteiger partial charge in [-0.15, -0.1) is 0 Å². The lowest BCUT2D eigenvalue weighted by Gasteiger charge is -2.09. The first-order valence-electron chi connectivity index (χ1n) is 8.99. The molecule has 0 atom stereocenters. The number of aromatic nitrogens is 2. The fourth-order valence-corrected chi connectivity index (χ4v) is 3.70. The van der Waals surface area contributed by atoms with Crippen LogP contribution in [0, 0.1) is 20.8 Å². The Morgan fingerprint density at radius 1 is 1.04 bits per heavy atom. The summed E-state index contributed by atoms with van der Waals surface area (Å²) in [7, 11) is 0. The molecule has 5 heteroatoms. The number of thioether (sulfide) groups is 1. The zero-order valence-corrected chi connectivity index (χ0v) is 16.7. The van der Waals surface area contributed by atoms with Crippen molar-refractivity contribution in [3.63, 3.8) is 0 Å². The number of rotatable bonds is 7. The van der Waals surface area contributed by atoms with E-state index in [0.29, 0.717) is 23.9 Å². The number of benzene rings is 2. The zero-order chi connectivity index (χ0) is 19.2. The monoisotopic (exact) mass is 380 g/mol. The molecule has 140 valence electrons. The van der Waals surface area contributed by atoms with Crippen LogP contribution in [0.25, 0.3) is 0 Å². The molecule has 0 bridgehead atoms. The fraction of sp³-hybridized carbons (Fsp3) is 0.273. The molecule has 0 spiro atoms. The van der Waals surface area contributed by atoms with Crippen molar-refractivity contribution in [3.8, 4) is 5.75 Å². The highest BCUT2D eigenvalue weighted by molar-refractivity contribution is 7.99. The number of nitrogens with one attached hydrogen (secondary N) is 1. The first-order chi connectivity index (χ1) is 13.0. The Hall–Kier alpha value is -2.53. The Morgan fingerprint density at radius 3 is 2.41 bits per heavy atom. The molecule has 0 aliphatic heterocycles. The van der Waals surface area contributed by atoms with E-state index in [4.69, 9.17) is 4.74 Å². The molecule has 3 rings (SSSR count). The highest BCUT2D eigenvalue weighted by Crippen LogP contribution is 2.18. The molecular formula is C22H24N2O2S. The molecular weight excluding hydrogens is 356 g/mol. The molecule has 4 nitrogen and oxygen atoms in total. The summed E-state index contributed by atoms with van der Waals surface area (Å²) in [6.07, 6.45) is 0.593. The van der Waals surface area contributed by atoms with Crippen molar-refractivity contribution < 1.29 is 4.74 Å². The highest BCUT2D eigenvalue weighted by atomic mass is 32.2. The Morgan fingerprint density at radius 2 is 1.74 bits per heavy atom. The molecule has 1 N–H and O–H groups in total. The summed E-state index contributed by atoms with van der Waals surface area (Å²) < 4.78 is 5.81. The maximum Gasteiger partial charge on any atom is 0.255 e. The average Bonchev–Trinajstić information content (AvgIpc) is 2.62. The van der Waals surface area contributed by atoms with E-state index in [9.17, 15) is 4.79 Å². The maximum atomic E-state index is 12.5. The molecule has 0 aliphatic carbocycles. The summed E-state index contributed by atoms with van der Waals surface area (Å²) in [6, 6.07) is 16.1. The van der Waals surface area contributed by atoms with Crippen molar-refractivity contribution in [2.75, 3.05) is 12.4 Å². The zero-order valence-electron chi connectivity index (χ0n) is 15.9. The smallest absolute Gasteiger partial charge is 0.255 e. The number of hydrogen-bond acceptors (Lipinski definition) is 4. The molecule has 0 unspecified atom stereocenters. The molecule has 1 heterocycles. The van der Waals surface area contributed by atoms with E-state index in [1.807, 2.05) is 49.4 Å². The van der Waals surface area contributed by atoms with E-state index in [1.165, 1.54) is 22.9 Å². The molecule has 1 aromatic heterocycles. The van der Waals surface area contributed by atoms with Crippen molar-refractivity contribution in [3.05, 3.63) is 86.8 Å². The van der Waals surface area contributed by atoms with E-state index in [1.54, 1.807) is 0 Å². The summed E-state index contributed by atoms with van der Waals surface area (Å²) in [5.41, 5.74) is 4.91. The Kier molecular flexibility index (Phi) is 6.35. The minimum Gasteiger partial charge on any atom is -0.493 e. The molecule has 0 radical (unpaired) electrons. The standard InChI is InChI=1S/C22H24N2O2S/c1-15-11-16(2)13-19(12-15)26-9-10-27-22-23-17(3)20(21(25)24-22)14-18-7-5-4-6-8-18/h4-8,11-13H,9-10,14H2,1-3H3,(H,23,24,25). The van der Waals surface area contributed by atoms with Gasteiger partial charge in [0.15, 0.2) is 5.16 Å². The third-order valence-corrected chi connectivity index (χ3v) is 5.05. The summed E-state index contributed by atoms with van der Waals surface area (Å²) in [6.45, 7) is 6.57. The van der Waals surface area contributed by atoms with Crippen LogP contribution in [-0.4, -0.2) is 22.3 Å². The van der Waals surface area contributed by atoms with E-state index in [0.717, 1.165) is 22.6 Å². The topological polar surface area (TPSA) is 55.0 Å². The van der Waals surface area contributed by atoms with Gasteiger partial charge in [-0.2, -0.15) is 0 Å². The van der Waals surface area contributed by atoms with Gasteiger partial charge in [0.25, 0.3) is 5.56 Å². The molecule has 0 saturated heterocycles. The number of H-pyrrole nitrogens is 1. The van der Waals surface area contributed by atoms with Crippen molar-refractivity contribution in [1.82, 2.24) is 9.97 Å². The van der Waals surface area contributed by atoms with Gasteiger partial charge in [0.05, 0.1) is 6.61 Å². The van der Waals surface area contributed by atoms with Gasteiger partial charge in [0.2, 0.25) is 0 Å². The summed E-state index contributed by atoms with van der Waals surface area (Å²) in [5, 5.41) is 0.637. The van der Waals surface area contributed by atoms with E-state index < -0.39 is 0 Å². The fourth-order valence-electron chi connectivity index (χ4n) is 2.98. The molecule has 0 fully saturated rings. The molecule has 0 saturated carbocycles. The number of ether oxygens (including phenoxy) is 1. The van der Waals surface area contributed by atoms with E-state index in [-0.39, 0.29) is 5.56 Å². The average molecular weight is 381 g/mol. The molecule has 0 amide bonds. The summed E-state index contributed by atoms with van der Waals surface area (Å²) >= 11 is 1.50. The van der Waals surface area contributed by atoms with Gasteiger partial charge in [-0.3, -0.25) is 4.79 Å². The van der Waals surface area contributed by atoms with Crippen molar-refractivity contribution in [2.24, 2.45) is 0 Å². The number of aryl methyl sites for hydroxylation is 3. The van der Waals surface area contributed by atoms with Gasteiger partial charge < -0.3 is 9.72 Å². The van der Waals surface area contributed by atoms with Gasteiger partial charge >= 0.3 is 0 Å². The second kappa shape index (κ2) is 8.91. The second-order valence-corrected chi connectivity index (χ2v) is 7.70. The van der Waals surface area contributed by atoms with Crippen LogP contribution >= 0.6 is 11.8 Å². The Labute approximate surface area is 164 Å². The minimum atomic E-state index is -0.0657. The number of nitrogens with zero attached hydrogens (tertiary/aromatic N) is 1. The SMILES string of the molecule is Cc1cc(C)cc(OCCSc2nc(C)c(Cc3ccccc3)c(=O)[nH]2)c1. The molecule has 0 aliphatic rings. The van der Waals surface area contributed by atoms with Crippen LogP contribution in [0.2, 0.25) is 0 Å². The quantitative estimate of drug-likeness (QED) is 0.374. The van der Waals surface area contributed by atoms with Crippen molar-refractivity contribution >= 4 is 11.8 Å². The lowest BCUT2D eigenvalue weighted by atomic mass is 10.1. The first kappa shape index (κ1) is 19.2. The number of hydrogen-bond donors (Lipinski definition) is 1. The normalized spacial score (nSPS) is 10.8. The maximum absolute atomic E-state index is 12.5. The van der Waals surface area contributed by atoms with Crippen LogP contribution in [0.3, 0.4) is 0 Å². The Balaban J connectivity index is 1.58. The summed E-state index contributed by atoms with van der Waals surface area (Å²) in [5.74, 6) is 1.59. The van der Waals surface area contributed by atoms with Gasteiger partial charge in [0.1, 0.15) is 5.75 Å². The van der Waals surface area contributed by atoms with Crippen molar-refractivity contribution in [2.45, 2.75) is 32.3 Å². The highest BCUT2D eigenvalue weighted by Gasteiger charge is 2.09. The Bertz CT molecular complexity index is 948. The minimum absolute atomic E-state index is 0.0657. The third kappa shape index (κ3) is 5.47. The van der Waals surface area contributed by atoms with Gasteiger partial charge in [0, 0.05) is 23.4 Å². The number of aromatic amines is 1. The van der Waals surface area contributed by atoms with Crippen LogP contribution in [-0.2, 0) is 6.42 Å². The molecule has 3 aromatic rings. The lowest BCUT2D eigenvalue weighted by Crippen LogP contribution is -2.18. The largest absolute Gasteiger partial charge is 0.493 e. The van der Waals surface area contributed by atoms with E-state index in [2.05, 4.69) is 29.9 Å².